The second kappa shape index (κ2) is 7.18. The van der Waals surface area contributed by atoms with Crippen molar-refractivity contribution in [3.05, 3.63) is 52.8 Å². The largest absolute Gasteiger partial charge is 0.391 e. The molecule has 5 nitrogen and oxygen atoms in total. The number of aromatic amines is 1. The number of aryl methyl sites for hydroxylation is 2. The number of likely N-dealkylation sites (tertiary alicyclic amines) is 1. The van der Waals surface area contributed by atoms with Crippen molar-refractivity contribution in [3.8, 4) is 0 Å². The fourth-order valence-corrected chi connectivity index (χ4v) is 3.46. The zero-order valence-electron chi connectivity index (χ0n) is 14.3. The Morgan fingerprint density at radius 1 is 1.33 bits per heavy atom. The highest BCUT2D eigenvalue weighted by Gasteiger charge is 2.30. The molecule has 0 radical (unpaired) electrons. The average Bonchev–Trinajstić information content (AvgIpc) is 2.89. The zero-order chi connectivity index (χ0) is 17.1. The number of piperidine rings is 1. The van der Waals surface area contributed by atoms with Crippen LogP contribution in [0.3, 0.4) is 0 Å². The number of hydrogen-bond acceptors (Lipinski definition) is 3. The number of H-pyrrole nitrogens is 1. The molecule has 1 fully saturated rings. The molecule has 1 amide bonds. The van der Waals surface area contributed by atoms with E-state index in [2.05, 4.69) is 22.3 Å². The van der Waals surface area contributed by atoms with Gasteiger partial charge in [-0.1, -0.05) is 30.3 Å². The molecule has 1 aromatic heterocycles. The maximum Gasteiger partial charge on any atom is 0.227 e. The van der Waals surface area contributed by atoms with Gasteiger partial charge in [-0.25, -0.2) is 0 Å². The van der Waals surface area contributed by atoms with Gasteiger partial charge in [0, 0.05) is 24.3 Å². The summed E-state index contributed by atoms with van der Waals surface area (Å²) in [6, 6.07) is 10.2. The van der Waals surface area contributed by atoms with Crippen LogP contribution < -0.4 is 0 Å². The van der Waals surface area contributed by atoms with Crippen LogP contribution in [0.5, 0.6) is 0 Å². The minimum absolute atomic E-state index is 0.0693. The fraction of sp³-hybridized carbons (Fsp3) is 0.474. The molecule has 2 N–H and O–H groups in total. The van der Waals surface area contributed by atoms with E-state index in [0.29, 0.717) is 19.5 Å². The van der Waals surface area contributed by atoms with Gasteiger partial charge < -0.3 is 10.0 Å². The van der Waals surface area contributed by atoms with Crippen LogP contribution in [0.2, 0.25) is 0 Å². The first-order valence-corrected chi connectivity index (χ1v) is 8.55. The van der Waals surface area contributed by atoms with E-state index in [-0.39, 0.29) is 11.8 Å². The number of aromatic nitrogens is 2. The van der Waals surface area contributed by atoms with Gasteiger partial charge in [-0.15, -0.1) is 0 Å². The first-order chi connectivity index (χ1) is 11.5. The second-order valence-corrected chi connectivity index (χ2v) is 6.73. The third kappa shape index (κ3) is 3.67. The van der Waals surface area contributed by atoms with E-state index in [9.17, 15) is 9.90 Å². The lowest BCUT2D eigenvalue weighted by molar-refractivity contribution is -0.134. The molecule has 0 spiro atoms. The normalized spacial score (nSPS) is 21.0. The number of β-amino-alcohol motifs (C(OH)–C–C–N with tert-alkyl or cyclic N) is 1. The quantitative estimate of drug-likeness (QED) is 0.903. The number of amides is 1. The smallest absolute Gasteiger partial charge is 0.227 e. The van der Waals surface area contributed by atoms with Crippen LogP contribution in [-0.2, 0) is 17.6 Å². The van der Waals surface area contributed by atoms with E-state index < -0.39 is 6.10 Å². The van der Waals surface area contributed by atoms with Crippen LogP contribution in [-0.4, -0.2) is 45.3 Å². The summed E-state index contributed by atoms with van der Waals surface area (Å²) in [7, 11) is 0. The minimum Gasteiger partial charge on any atom is -0.391 e. The van der Waals surface area contributed by atoms with E-state index in [4.69, 9.17) is 0 Å². The van der Waals surface area contributed by atoms with Gasteiger partial charge in [0.05, 0.1) is 18.2 Å². The molecule has 1 aliphatic rings. The van der Waals surface area contributed by atoms with Crippen molar-refractivity contribution >= 4 is 5.91 Å². The number of hydrogen-bond donors (Lipinski definition) is 2. The summed E-state index contributed by atoms with van der Waals surface area (Å²) in [4.78, 5) is 14.3. The molecule has 2 aromatic rings. The molecule has 0 aliphatic carbocycles. The lowest BCUT2D eigenvalue weighted by Gasteiger charge is -2.36. The SMILES string of the molecule is Cc1n[nH]c(C)c1CC(=O)N1CC[C@H](Cc2ccccc2)[C@@H](O)C1. The molecule has 3 rings (SSSR count). The molecule has 0 unspecified atom stereocenters. The van der Waals surface area contributed by atoms with Gasteiger partial charge in [-0.3, -0.25) is 9.89 Å². The number of rotatable bonds is 4. The van der Waals surface area contributed by atoms with E-state index in [0.717, 1.165) is 29.8 Å². The Morgan fingerprint density at radius 2 is 2.08 bits per heavy atom. The Morgan fingerprint density at radius 3 is 2.71 bits per heavy atom. The van der Waals surface area contributed by atoms with E-state index >= 15 is 0 Å². The number of benzene rings is 1. The molecule has 0 saturated carbocycles. The van der Waals surface area contributed by atoms with Crippen LogP contribution in [0.25, 0.3) is 0 Å². The molecule has 1 aromatic carbocycles. The lowest BCUT2D eigenvalue weighted by Crippen LogP contribution is -2.47. The highest BCUT2D eigenvalue weighted by Crippen LogP contribution is 2.23. The molecule has 2 atom stereocenters. The third-order valence-electron chi connectivity index (χ3n) is 5.02. The number of nitrogens with one attached hydrogen (secondary N) is 1. The molecule has 5 heteroatoms. The van der Waals surface area contributed by atoms with Gasteiger partial charge in [0.25, 0.3) is 0 Å². The summed E-state index contributed by atoms with van der Waals surface area (Å²) in [6.45, 7) is 4.98. The van der Waals surface area contributed by atoms with Crippen molar-refractivity contribution in [3.63, 3.8) is 0 Å². The molecular weight excluding hydrogens is 302 g/mol. The third-order valence-corrected chi connectivity index (χ3v) is 5.02. The second-order valence-electron chi connectivity index (χ2n) is 6.73. The Kier molecular flexibility index (Phi) is 5.00. The van der Waals surface area contributed by atoms with E-state index in [1.54, 1.807) is 4.90 Å². The van der Waals surface area contributed by atoms with Gasteiger partial charge in [0.15, 0.2) is 0 Å². The number of carbonyl (C=O) groups excluding carboxylic acids is 1. The van der Waals surface area contributed by atoms with Crippen LogP contribution in [0.15, 0.2) is 30.3 Å². The average molecular weight is 327 g/mol. The molecule has 0 bridgehead atoms. The summed E-state index contributed by atoms with van der Waals surface area (Å²) >= 11 is 0. The van der Waals surface area contributed by atoms with Gasteiger partial charge in [-0.2, -0.15) is 5.10 Å². The van der Waals surface area contributed by atoms with Crippen LogP contribution in [0.1, 0.15) is 28.9 Å². The number of carbonyl (C=O) groups is 1. The summed E-state index contributed by atoms with van der Waals surface area (Å²) < 4.78 is 0. The fourth-order valence-electron chi connectivity index (χ4n) is 3.46. The summed E-state index contributed by atoms with van der Waals surface area (Å²) in [6.07, 6.45) is 1.59. The van der Waals surface area contributed by atoms with Gasteiger partial charge in [0.2, 0.25) is 5.91 Å². The first kappa shape index (κ1) is 16.7. The van der Waals surface area contributed by atoms with Crippen molar-refractivity contribution in [1.82, 2.24) is 15.1 Å². The standard InChI is InChI=1S/C19H25N3O2/c1-13-17(14(2)21-20-13)11-19(24)22-9-8-16(18(23)12-22)10-15-6-4-3-5-7-15/h3-7,16,18,23H,8-12H2,1-2H3,(H,20,21)/t16-,18+/m1/s1. The highest BCUT2D eigenvalue weighted by molar-refractivity contribution is 5.79. The van der Waals surface area contributed by atoms with Crippen molar-refractivity contribution in [1.29, 1.82) is 0 Å². The lowest BCUT2D eigenvalue weighted by atomic mass is 9.87. The minimum atomic E-state index is -0.463. The Bertz CT molecular complexity index is 676. The Hall–Kier alpha value is -2.14. The predicted octanol–water partition coefficient (Wildman–Crippen LogP) is 2.02. The van der Waals surface area contributed by atoms with Crippen molar-refractivity contribution < 1.29 is 9.90 Å². The summed E-state index contributed by atoms with van der Waals surface area (Å²) in [5, 5.41) is 17.5. The van der Waals surface area contributed by atoms with Gasteiger partial charge in [-0.05, 0) is 38.2 Å². The topological polar surface area (TPSA) is 69.2 Å². The monoisotopic (exact) mass is 327 g/mol. The maximum atomic E-state index is 12.6. The maximum absolute atomic E-state index is 12.6. The van der Waals surface area contributed by atoms with E-state index in [1.807, 2.05) is 32.0 Å². The van der Waals surface area contributed by atoms with Crippen molar-refractivity contribution in [2.75, 3.05) is 13.1 Å². The Labute approximate surface area is 142 Å². The number of aliphatic hydroxyl groups is 1. The number of aliphatic hydroxyl groups excluding tert-OH is 1. The zero-order valence-corrected chi connectivity index (χ0v) is 14.3. The van der Waals surface area contributed by atoms with Gasteiger partial charge >= 0.3 is 0 Å². The first-order valence-electron chi connectivity index (χ1n) is 8.55. The molecular formula is C19H25N3O2. The number of nitrogens with zero attached hydrogens (tertiary/aromatic N) is 2. The summed E-state index contributed by atoms with van der Waals surface area (Å²) in [5.74, 6) is 0.286. The molecule has 24 heavy (non-hydrogen) atoms. The molecule has 128 valence electrons. The highest BCUT2D eigenvalue weighted by atomic mass is 16.3. The van der Waals surface area contributed by atoms with Crippen LogP contribution in [0, 0.1) is 19.8 Å². The van der Waals surface area contributed by atoms with Gasteiger partial charge in [0.1, 0.15) is 0 Å². The van der Waals surface area contributed by atoms with E-state index in [1.165, 1.54) is 5.56 Å². The molecule has 2 heterocycles. The summed E-state index contributed by atoms with van der Waals surface area (Å²) in [5.41, 5.74) is 4.03. The van der Waals surface area contributed by atoms with Crippen molar-refractivity contribution in [2.45, 2.75) is 39.2 Å². The van der Waals surface area contributed by atoms with Crippen molar-refractivity contribution in [2.24, 2.45) is 5.92 Å². The van der Waals surface area contributed by atoms with Crippen LogP contribution in [0.4, 0.5) is 0 Å². The molecule has 1 aliphatic heterocycles. The molecule has 1 saturated heterocycles. The Balaban J connectivity index is 1.58. The predicted molar refractivity (Wildman–Crippen MR) is 92.6 cm³/mol. The van der Waals surface area contributed by atoms with Crippen LogP contribution >= 0.6 is 0 Å².